The molecule has 0 radical (unpaired) electrons. The fourth-order valence-corrected chi connectivity index (χ4v) is 2.14. The molecule has 1 aromatic rings. The van der Waals surface area contributed by atoms with E-state index in [9.17, 15) is 4.79 Å². The summed E-state index contributed by atoms with van der Waals surface area (Å²) in [5.74, 6) is 1.07. The number of halogens is 1. The van der Waals surface area contributed by atoms with Gasteiger partial charge in [-0.2, -0.15) is 0 Å². The standard InChI is InChI=1S/C14H23ClN4O/c1-4-6-8-19(9-11(16)20)14-10(3)13(15)17-12(18-14)7-5-2/h4-9H2,1-3H3,(H2,16,20). The third kappa shape index (κ3) is 4.63. The Kier molecular flexibility index (Phi) is 6.71. The molecule has 1 amide bonds. The number of primary amides is 1. The highest BCUT2D eigenvalue weighted by Crippen LogP contribution is 2.24. The van der Waals surface area contributed by atoms with Crippen molar-refractivity contribution in [2.45, 2.75) is 46.5 Å². The van der Waals surface area contributed by atoms with Crippen LogP contribution in [0.2, 0.25) is 5.15 Å². The van der Waals surface area contributed by atoms with Crippen molar-refractivity contribution < 1.29 is 4.79 Å². The predicted octanol–water partition coefficient (Wildman–Crippen LogP) is 2.48. The number of hydrogen-bond donors (Lipinski definition) is 1. The van der Waals surface area contributed by atoms with E-state index in [0.717, 1.165) is 43.6 Å². The first kappa shape index (κ1) is 16.7. The molecule has 1 heterocycles. The molecule has 0 saturated carbocycles. The number of aromatic nitrogens is 2. The molecule has 0 spiro atoms. The molecule has 0 unspecified atom stereocenters. The molecule has 1 aromatic heterocycles. The fourth-order valence-electron chi connectivity index (χ4n) is 1.96. The van der Waals surface area contributed by atoms with Gasteiger partial charge in [0.05, 0.1) is 6.54 Å². The van der Waals surface area contributed by atoms with Crippen LogP contribution >= 0.6 is 11.6 Å². The van der Waals surface area contributed by atoms with E-state index >= 15 is 0 Å². The Labute approximate surface area is 125 Å². The summed E-state index contributed by atoms with van der Waals surface area (Å²) < 4.78 is 0. The molecule has 0 atom stereocenters. The smallest absolute Gasteiger partial charge is 0.236 e. The Morgan fingerprint density at radius 1 is 1.30 bits per heavy atom. The second-order valence-corrected chi connectivity index (χ2v) is 5.23. The first-order chi connectivity index (χ1) is 9.49. The Bertz CT molecular complexity index is 465. The summed E-state index contributed by atoms with van der Waals surface area (Å²) in [5, 5.41) is 0.449. The van der Waals surface area contributed by atoms with Gasteiger partial charge in [-0.1, -0.05) is 31.9 Å². The molecule has 0 saturated heterocycles. The summed E-state index contributed by atoms with van der Waals surface area (Å²) in [7, 11) is 0. The van der Waals surface area contributed by atoms with Gasteiger partial charge in [0.1, 0.15) is 16.8 Å². The molecule has 0 fully saturated rings. The highest BCUT2D eigenvalue weighted by atomic mass is 35.5. The largest absolute Gasteiger partial charge is 0.368 e. The third-order valence-electron chi connectivity index (χ3n) is 3.01. The van der Waals surface area contributed by atoms with Gasteiger partial charge in [-0.15, -0.1) is 0 Å². The molecular weight excluding hydrogens is 276 g/mol. The van der Waals surface area contributed by atoms with Crippen molar-refractivity contribution in [2.75, 3.05) is 18.0 Å². The number of anilines is 1. The van der Waals surface area contributed by atoms with Gasteiger partial charge in [-0.05, 0) is 19.8 Å². The summed E-state index contributed by atoms with van der Waals surface area (Å²) >= 11 is 6.18. The Hall–Kier alpha value is -1.36. The minimum Gasteiger partial charge on any atom is -0.368 e. The Morgan fingerprint density at radius 2 is 2.00 bits per heavy atom. The molecule has 20 heavy (non-hydrogen) atoms. The van der Waals surface area contributed by atoms with Crippen molar-refractivity contribution in [1.82, 2.24) is 9.97 Å². The molecule has 0 aliphatic carbocycles. The van der Waals surface area contributed by atoms with Crippen molar-refractivity contribution >= 4 is 23.3 Å². The SMILES string of the molecule is CCCCN(CC(N)=O)c1nc(CCC)nc(Cl)c1C. The van der Waals surface area contributed by atoms with Crippen molar-refractivity contribution in [3.63, 3.8) is 0 Å². The lowest BCUT2D eigenvalue weighted by atomic mass is 10.2. The highest BCUT2D eigenvalue weighted by Gasteiger charge is 2.17. The summed E-state index contributed by atoms with van der Waals surface area (Å²) in [5.41, 5.74) is 6.13. The zero-order valence-corrected chi connectivity index (χ0v) is 13.2. The molecule has 112 valence electrons. The van der Waals surface area contributed by atoms with Gasteiger partial charge in [0.25, 0.3) is 0 Å². The molecule has 1 rings (SSSR count). The van der Waals surface area contributed by atoms with E-state index in [2.05, 4.69) is 23.8 Å². The third-order valence-corrected chi connectivity index (χ3v) is 3.38. The van der Waals surface area contributed by atoms with Crippen LogP contribution in [0.25, 0.3) is 0 Å². The first-order valence-electron chi connectivity index (χ1n) is 7.05. The summed E-state index contributed by atoms with van der Waals surface area (Å²) in [6.45, 7) is 6.92. The van der Waals surface area contributed by atoms with Crippen molar-refractivity contribution in [2.24, 2.45) is 5.73 Å². The van der Waals surface area contributed by atoms with E-state index in [0.29, 0.717) is 11.0 Å². The second kappa shape index (κ2) is 8.04. The quantitative estimate of drug-likeness (QED) is 0.748. The molecule has 0 aliphatic rings. The van der Waals surface area contributed by atoms with Crippen LogP contribution in [0.4, 0.5) is 5.82 Å². The summed E-state index contributed by atoms with van der Waals surface area (Å²) in [4.78, 5) is 22.0. The van der Waals surface area contributed by atoms with Crippen LogP contribution in [0.1, 0.15) is 44.5 Å². The summed E-state index contributed by atoms with van der Waals surface area (Å²) in [6.07, 6.45) is 3.72. The number of nitrogens with zero attached hydrogens (tertiary/aromatic N) is 3. The van der Waals surface area contributed by atoms with E-state index < -0.39 is 0 Å². The monoisotopic (exact) mass is 298 g/mol. The van der Waals surface area contributed by atoms with Gasteiger partial charge in [0.15, 0.2) is 0 Å². The average Bonchev–Trinajstić information content (AvgIpc) is 2.38. The average molecular weight is 299 g/mol. The van der Waals surface area contributed by atoms with E-state index in [1.807, 2.05) is 11.8 Å². The predicted molar refractivity (Wildman–Crippen MR) is 82.1 cm³/mol. The highest BCUT2D eigenvalue weighted by molar-refractivity contribution is 6.30. The Morgan fingerprint density at radius 3 is 2.55 bits per heavy atom. The van der Waals surface area contributed by atoms with Crippen LogP contribution in [0.15, 0.2) is 0 Å². The number of rotatable bonds is 8. The lowest BCUT2D eigenvalue weighted by Gasteiger charge is -2.24. The van der Waals surface area contributed by atoms with Gasteiger partial charge >= 0.3 is 0 Å². The minimum absolute atomic E-state index is 0.153. The second-order valence-electron chi connectivity index (χ2n) is 4.87. The first-order valence-corrected chi connectivity index (χ1v) is 7.43. The van der Waals surface area contributed by atoms with Crippen molar-refractivity contribution in [3.05, 3.63) is 16.5 Å². The molecule has 0 aliphatic heterocycles. The topological polar surface area (TPSA) is 72.1 Å². The minimum atomic E-state index is -0.368. The van der Waals surface area contributed by atoms with Crippen LogP contribution in [0.3, 0.4) is 0 Å². The lowest BCUT2D eigenvalue weighted by molar-refractivity contribution is -0.116. The maximum Gasteiger partial charge on any atom is 0.236 e. The lowest BCUT2D eigenvalue weighted by Crippen LogP contribution is -2.35. The number of unbranched alkanes of at least 4 members (excludes halogenated alkanes) is 1. The van der Waals surface area contributed by atoms with Gasteiger partial charge in [-0.3, -0.25) is 4.79 Å². The maximum absolute atomic E-state index is 11.3. The van der Waals surface area contributed by atoms with E-state index in [4.69, 9.17) is 17.3 Å². The van der Waals surface area contributed by atoms with Gasteiger partial charge < -0.3 is 10.6 Å². The molecule has 5 nitrogen and oxygen atoms in total. The maximum atomic E-state index is 11.3. The van der Waals surface area contributed by atoms with Gasteiger partial charge in [0, 0.05) is 18.5 Å². The Balaban J connectivity index is 3.12. The number of carbonyl (C=O) groups excluding carboxylic acids is 1. The zero-order valence-electron chi connectivity index (χ0n) is 12.4. The van der Waals surface area contributed by atoms with E-state index in [1.165, 1.54) is 0 Å². The van der Waals surface area contributed by atoms with Crippen molar-refractivity contribution in [3.8, 4) is 0 Å². The van der Waals surface area contributed by atoms with Crippen LogP contribution < -0.4 is 10.6 Å². The van der Waals surface area contributed by atoms with Crippen LogP contribution in [0.5, 0.6) is 0 Å². The number of amides is 1. The fraction of sp³-hybridized carbons (Fsp3) is 0.643. The number of nitrogens with two attached hydrogens (primary N) is 1. The van der Waals surface area contributed by atoms with Crippen LogP contribution in [-0.4, -0.2) is 29.0 Å². The molecule has 0 bridgehead atoms. The summed E-state index contributed by atoms with van der Waals surface area (Å²) in [6, 6.07) is 0. The van der Waals surface area contributed by atoms with Gasteiger partial charge in [0.2, 0.25) is 5.91 Å². The molecule has 6 heteroatoms. The number of hydrogen-bond acceptors (Lipinski definition) is 4. The van der Waals surface area contributed by atoms with E-state index in [1.54, 1.807) is 0 Å². The van der Waals surface area contributed by atoms with E-state index in [-0.39, 0.29) is 12.5 Å². The molecular formula is C14H23ClN4O. The van der Waals surface area contributed by atoms with Crippen LogP contribution in [-0.2, 0) is 11.2 Å². The van der Waals surface area contributed by atoms with Gasteiger partial charge in [-0.25, -0.2) is 9.97 Å². The normalized spacial score (nSPS) is 10.6. The molecule has 2 N–H and O–H groups in total. The number of aryl methyl sites for hydroxylation is 1. The number of carbonyl (C=O) groups is 1. The van der Waals surface area contributed by atoms with Crippen LogP contribution in [0, 0.1) is 6.92 Å². The molecule has 0 aromatic carbocycles. The van der Waals surface area contributed by atoms with Crippen molar-refractivity contribution in [1.29, 1.82) is 0 Å². The zero-order chi connectivity index (χ0) is 15.1.